The van der Waals surface area contributed by atoms with Crippen LogP contribution in [0.15, 0.2) is 40.9 Å². The van der Waals surface area contributed by atoms with Gasteiger partial charge in [0.25, 0.3) is 0 Å². The molecule has 1 N–H and O–H groups in total. The van der Waals surface area contributed by atoms with Gasteiger partial charge in [-0.1, -0.05) is 40.2 Å². The Morgan fingerprint density at radius 2 is 1.85 bits per heavy atom. The van der Waals surface area contributed by atoms with Gasteiger partial charge >= 0.3 is 0 Å². The van der Waals surface area contributed by atoms with E-state index in [1.165, 1.54) is 36.8 Å². The summed E-state index contributed by atoms with van der Waals surface area (Å²) < 4.78 is 9.42. The molecule has 0 unspecified atom stereocenters. The van der Waals surface area contributed by atoms with Gasteiger partial charge in [0.15, 0.2) is 0 Å². The molecule has 218 valence electrons. The number of imide groups is 1. The number of ether oxygens (including phenoxy) is 1. The van der Waals surface area contributed by atoms with Crippen molar-refractivity contribution in [2.45, 2.75) is 82.7 Å². The van der Waals surface area contributed by atoms with Crippen molar-refractivity contribution >= 4 is 38.6 Å². The van der Waals surface area contributed by atoms with Crippen LogP contribution in [0.5, 0.6) is 5.75 Å². The lowest BCUT2D eigenvalue weighted by Gasteiger charge is -2.30. The maximum Gasteiger partial charge on any atom is 0.235 e. The highest BCUT2D eigenvalue weighted by atomic mass is 79.9. The lowest BCUT2D eigenvalue weighted by atomic mass is 9.84. The van der Waals surface area contributed by atoms with Crippen LogP contribution in [-0.4, -0.2) is 52.2 Å². The number of nitrogens with zero attached hydrogens (tertiary/aromatic N) is 3. The lowest BCUT2D eigenvalue weighted by Crippen LogP contribution is -2.39. The van der Waals surface area contributed by atoms with Crippen LogP contribution in [0.25, 0.3) is 10.9 Å². The van der Waals surface area contributed by atoms with Gasteiger partial charge in [-0.3, -0.25) is 19.6 Å². The van der Waals surface area contributed by atoms with Crippen LogP contribution < -0.4 is 10.1 Å². The standard InChI is InChI=1S/C33H41BrN4O3/c1-21-28(34)9-4-10-29(21)41-24-13-11-22(12-14-24)6-5-18-38-19-17-23(20-38)25-7-3-8-26-31(36-37(2)32(25)26)27-15-16-30(39)35-33(27)40/h3-4,7-10,22-24,27H,5-6,11-20H2,1-2H3,(H,35,39,40)/t22?,23-,24?,27+/m1/s1. The molecule has 3 fully saturated rings. The number of piperidine rings is 1. The van der Waals surface area contributed by atoms with Gasteiger partial charge in [-0.15, -0.1) is 0 Å². The minimum Gasteiger partial charge on any atom is -0.490 e. The molecule has 2 aliphatic heterocycles. The van der Waals surface area contributed by atoms with Crippen LogP contribution in [0, 0.1) is 12.8 Å². The number of nitrogens with one attached hydrogen (secondary N) is 1. The first-order valence-corrected chi connectivity index (χ1v) is 16.1. The monoisotopic (exact) mass is 620 g/mol. The first-order valence-electron chi connectivity index (χ1n) is 15.3. The van der Waals surface area contributed by atoms with E-state index in [1.54, 1.807) is 0 Å². The molecule has 0 radical (unpaired) electrons. The van der Waals surface area contributed by atoms with E-state index in [0.717, 1.165) is 71.6 Å². The number of carbonyl (C=O) groups excluding carboxylic acids is 2. The molecular formula is C33H41BrN4O3. The van der Waals surface area contributed by atoms with Crippen molar-refractivity contribution < 1.29 is 14.3 Å². The summed E-state index contributed by atoms with van der Waals surface area (Å²) in [5.74, 6) is 1.52. The molecule has 3 heterocycles. The number of rotatable bonds is 8. The van der Waals surface area contributed by atoms with Gasteiger partial charge in [-0.25, -0.2) is 0 Å². The zero-order valence-corrected chi connectivity index (χ0v) is 25.8. The van der Waals surface area contributed by atoms with E-state index >= 15 is 0 Å². The van der Waals surface area contributed by atoms with E-state index in [-0.39, 0.29) is 17.7 Å². The van der Waals surface area contributed by atoms with E-state index < -0.39 is 0 Å². The van der Waals surface area contributed by atoms with Crippen molar-refractivity contribution in [3.63, 3.8) is 0 Å². The number of aryl methyl sites for hydroxylation is 1. The van der Waals surface area contributed by atoms with E-state index in [2.05, 4.69) is 69.5 Å². The molecule has 2 atom stereocenters. The summed E-state index contributed by atoms with van der Waals surface area (Å²) in [6.07, 6.45) is 9.76. The third-order valence-electron chi connectivity index (χ3n) is 9.60. The minimum absolute atomic E-state index is 0.188. The second-order valence-corrected chi connectivity index (χ2v) is 13.2. The number of aromatic nitrogens is 2. The van der Waals surface area contributed by atoms with Gasteiger partial charge in [0.1, 0.15) is 5.75 Å². The fraction of sp³-hybridized carbons (Fsp3) is 0.545. The van der Waals surface area contributed by atoms with Crippen molar-refractivity contribution in [3.8, 4) is 5.75 Å². The van der Waals surface area contributed by atoms with E-state index in [4.69, 9.17) is 9.84 Å². The Morgan fingerprint density at radius 3 is 2.66 bits per heavy atom. The maximum absolute atomic E-state index is 12.6. The third-order valence-corrected chi connectivity index (χ3v) is 10.5. The van der Waals surface area contributed by atoms with Gasteiger partial charge < -0.3 is 9.64 Å². The van der Waals surface area contributed by atoms with Crippen LogP contribution in [0.4, 0.5) is 0 Å². The van der Waals surface area contributed by atoms with Crippen LogP contribution in [-0.2, 0) is 16.6 Å². The smallest absolute Gasteiger partial charge is 0.235 e. The molecule has 6 rings (SSSR count). The van der Waals surface area contributed by atoms with Crippen molar-refractivity contribution in [1.29, 1.82) is 0 Å². The van der Waals surface area contributed by atoms with Crippen LogP contribution in [0.2, 0.25) is 0 Å². The fourth-order valence-electron chi connectivity index (χ4n) is 7.26. The zero-order valence-electron chi connectivity index (χ0n) is 24.2. The van der Waals surface area contributed by atoms with Gasteiger partial charge in [-0.2, -0.15) is 5.10 Å². The van der Waals surface area contributed by atoms with E-state index in [9.17, 15) is 9.59 Å². The number of benzene rings is 2. The van der Waals surface area contributed by atoms with Gasteiger partial charge in [0, 0.05) is 35.4 Å². The first-order chi connectivity index (χ1) is 19.9. The number of fused-ring (bicyclic) bond motifs is 1. The number of amides is 2. The third kappa shape index (κ3) is 6.09. The summed E-state index contributed by atoms with van der Waals surface area (Å²) in [6, 6.07) is 12.6. The quantitative estimate of drug-likeness (QED) is 0.296. The molecule has 3 aromatic rings. The molecule has 1 saturated carbocycles. The van der Waals surface area contributed by atoms with Crippen molar-refractivity contribution in [2.24, 2.45) is 13.0 Å². The number of para-hydroxylation sites is 1. The topological polar surface area (TPSA) is 76.5 Å². The Labute approximate surface area is 251 Å². The number of halogens is 1. The molecule has 1 aliphatic carbocycles. The summed E-state index contributed by atoms with van der Waals surface area (Å²) >= 11 is 3.62. The van der Waals surface area contributed by atoms with Crippen LogP contribution >= 0.6 is 15.9 Å². The maximum atomic E-state index is 12.6. The fourth-order valence-corrected chi connectivity index (χ4v) is 7.61. The molecule has 0 bridgehead atoms. The number of carbonyl (C=O) groups is 2. The molecule has 2 aromatic carbocycles. The second kappa shape index (κ2) is 12.3. The molecule has 8 heteroatoms. The normalized spacial score (nSPS) is 25.5. The molecule has 7 nitrogen and oxygen atoms in total. The first kappa shape index (κ1) is 28.4. The lowest BCUT2D eigenvalue weighted by molar-refractivity contribution is -0.134. The summed E-state index contributed by atoms with van der Waals surface area (Å²) in [7, 11) is 1.98. The largest absolute Gasteiger partial charge is 0.490 e. The molecule has 0 spiro atoms. The van der Waals surface area contributed by atoms with Gasteiger partial charge in [0.2, 0.25) is 11.8 Å². The predicted molar refractivity (Wildman–Crippen MR) is 164 cm³/mol. The highest BCUT2D eigenvalue weighted by molar-refractivity contribution is 9.10. The Morgan fingerprint density at radius 1 is 1.05 bits per heavy atom. The SMILES string of the molecule is Cc1c(Br)cccc1OC1CCC(CCCN2CC[C@@H](c3cccc4c([C@@H]5CCC(=O)NC5=O)nn(C)c34)C2)CC1. The Hall–Kier alpha value is -2.71. The Bertz CT molecular complexity index is 1430. The van der Waals surface area contributed by atoms with Gasteiger partial charge in [0.05, 0.1) is 23.2 Å². The molecule has 1 aromatic heterocycles. The molecule has 3 aliphatic rings. The van der Waals surface area contributed by atoms with Gasteiger partial charge in [-0.05, 0) is 101 Å². The van der Waals surface area contributed by atoms with E-state index in [1.807, 2.05) is 11.7 Å². The second-order valence-electron chi connectivity index (χ2n) is 12.3. The summed E-state index contributed by atoms with van der Waals surface area (Å²) in [6.45, 7) is 5.48. The Balaban J connectivity index is 1.00. The molecule has 41 heavy (non-hydrogen) atoms. The minimum atomic E-state index is -0.363. The predicted octanol–water partition coefficient (Wildman–Crippen LogP) is 6.37. The summed E-state index contributed by atoms with van der Waals surface area (Å²) in [5, 5.41) is 8.34. The van der Waals surface area contributed by atoms with Crippen LogP contribution in [0.1, 0.15) is 86.4 Å². The molecular weight excluding hydrogens is 580 g/mol. The summed E-state index contributed by atoms with van der Waals surface area (Å²) in [4.78, 5) is 26.9. The van der Waals surface area contributed by atoms with Crippen molar-refractivity contribution in [2.75, 3.05) is 19.6 Å². The van der Waals surface area contributed by atoms with Crippen molar-refractivity contribution in [3.05, 3.63) is 57.7 Å². The zero-order chi connectivity index (χ0) is 28.5. The average Bonchev–Trinajstić information content (AvgIpc) is 3.57. The highest BCUT2D eigenvalue weighted by Gasteiger charge is 2.33. The molecule has 2 saturated heterocycles. The average molecular weight is 622 g/mol. The Kier molecular flexibility index (Phi) is 8.50. The molecule has 2 amide bonds. The van der Waals surface area contributed by atoms with Crippen LogP contribution in [0.3, 0.4) is 0 Å². The number of hydrogen-bond acceptors (Lipinski definition) is 5. The van der Waals surface area contributed by atoms with E-state index in [0.29, 0.717) is 24.9 Å². The van der Waals surface area contributed by atoms with Crippen molar-refractivity contribution in [1.82, 2.24) is 20.0 Å². The number of hydrogen-bond donors (Lipinski definition) is 1. The highest BCUT2D eigenvalue weighted by Crippen LogP contribution is 2.37. The number of likely N-dealkylation sites (tertiary alicyclic amines) is 1. The summed E-state index contributed by atoms with van der Waals surface area (Å²) in [5.41, 5.74) is 4.46.